The third-order valence-corrected chi connectivity index (χ3v) is 3.72. The van der Waals surface area contributed by atoms with Gasteiger partial charge in [-0.3, -0.25) is 0 Å². The number of carbonyl (C=O) groups is 1. The minimum atomic E-state index is -0.473. The maximum absolute atomic E-state index is 12.0. The van der Waals surface area contributed by atoms with Gasteiger partial charge in [0.05, 0.1) is 6.10 Å². The Balaban J connectivity index is 2.44. The van der Waals surface area contributed by atoms with Crippen molar-refractivity contribution in [1.82, 2.24) is 4.90 Å². The van der Waals surface area contributed by atoms with Crippen LogP contribution in [0.25, 0.3) is 0 Å². The van der Waals surface area contributed by atoms with Gasteiger partial charge in [-0.1, -0.05) is 6.92 Å². The van der Waals surface area contributed by atoms with Crippen LogP contribution in [-0.4, -0.2) is 54.6 Å². The van der Waals surface area contributed by atoms with Crippen LogP contribution in [0.2, 0.25) is 0 Å². The number of carbonyl (C=O) groups excluding carboxylic acids is 1. The molecule has 0 aromatic carbocycles. The van der Waals surface area contributed by atoms with Crippen LogP contribution in [0.1, 0.15) is 40.5 Å². The van der Waals surface area contributed by atoms with E-state index < -0.39 is 11.7 Å². The zero-order valence-corrected chi connectivity index (χ0v) is 13.4. The van der Waals surface area contributed by atoms with Crippen molar-refractivity contribution in [3.63, 3.8) is 0 Å². The number of rotatable bonds is 5. The maximum atomic E-state index is 12.0. The van der Waals surface area contributed by atoms with Crippen molar-refractivity contribution in [2.75, 3.05) is 26.8 Å². The number of hydrogen-bond donors (Lipinski definition) is 1. The Hall–Kier alpha value is -0.810. The largest absolute Gasteiger partial charge is 0.444 e. The lowest BCUT2D eigenvalue weighted by molar-refractivity contribution is 0.0218. The molecule has 3 unspecified atom stereocenters. The molecule has 0 aromatic heterocycles. The first-order valence-electron chi connectivity index (χ1n) is 7.39. The second kappa shape index (κ2) is 7.27. The molecule has 1 amide bonds. The van der Waals surface area contributed by atoms with Crippen LogP contribution < -0.4 is 0 Å². The molecule has 20 heavy (non-hydrogen) atoms. The molecular formula is C15H29NO4. The van der Waals surface area contributed by atoms with Crippen LogP contribution in [0.15, 0.2) is 0 Å². The molecule has 1 fully saturated rings. The number of ether oxygens (including phenoxy) is 2. The van der Waals surface area contributed by atoms with Crippen molar-refractivity contribution in [2.45, 2.75) is 52.2 Å². The zero-order chi connectivity index (χ0) is 15.3. The molecule has 5 nitrogen and oxygen atoms in total. The summed E-state index contributed by atoms with van der Waals surface area (Å²) in [7, 11) is 1.67. The normalized spacial score (nSPS) is 22.7. The summed E-state index contributed by atoms with van der Waals surface area (Å²) < 4.78 is 10.4. The van der Waals surface area contributed by atoms with E-state index >= 15 is 0 Å². The first-order valence-corrected chi connectivity index (χ1v) is 7.39. The van der Waals surface area contributed by atoms with Gasteiger partial charge < -0.3 is 19.5 Å². The predicted molar refractivity (Wildman–Crippen MR) is 77.6 cm³/mol. The molecule has 1 saturated heterocycles. The highest BCUT2D eigenvalue weighted by Crippen LogP contribution is 2.26. The number of methoxy groups -OCH3 is 1. The average Bonchev–Trinajstić information content (AvgIpc) is 2.82. The summed E-state index contributed by atoms with van der Waals surface area (Å²) in [6.07, 6.45) is 0.993. The number of amides is 1. The van der Waals surface area contributed by atoms with E-state index in [9.17, 15) is 9.90 Å². The fraction of sp³-hybridized carbons (Fsp3) is 0.933. The van der Waals surface area contributed by atoms with Crippen molar-refractivity contribution in [2.24, 2.45) is 11.8 Å². The topological polar surface area (TPSA) is 59.0 Å². The van der Waals surface area contributed by atoms with Gasteiger partial charge in [0, 0.05) is 32.7 Å². The Kier molecular flexibility index (Phi) is 6.27. The minimum Gasteiger partial charge on any atom is -0.444 e. The van der Waals surface area contributed by atoms with Gasteiger partial charge in [0.2, 0.25) is 0 Å². The van der Waals surface area contributed by atoms with Gasteiger partial charge >= 0.3 is 6.09 Å². The molecule has 1 N–H and O–H groups in total. The van der Waals surface area contributed by atoms with Crippen LogP contribution in [-0.2, 0) is 9.47 Å². The number of hydrogen-bond acceptors (Lipinski definition) is 4. The maximum Gasteiger partial charge on any atom is 0.410 e. The van der Waals surface area contributed by atoms with Crippen molar-refractivity contribution in [1.29, 1.82) is 0 Å². The number of nitrogens with zero attached hydrogens (tertiary/aromatic N) is 1. The molecule has 5 heteroatoms. The molecular weight excluding hydrogens is 258 g/mol. The smallest absolute Gasteiger partial charge is 0.410 e. The van der Waals surface area contributed by atoms with Crippen molar-refractivity contribution in [3.05, 3.63) is 0 Å². The lowest BCUT2D eigenvalue weighted by Crippen LogP contribution is -2.37. The molecule has 1 heterocycles. The summed E-state index contributed by atoms with van der Waals surface area (Å²) >= 11 is 0. The lowest BCUT2D eigenvalue weighted by atomic mass is 9.89. The highest BCUT2D eigenvalue weighted by atomic mass is 16.6. The Morgan fingerprint density at radius 3 is 2.65 bits per heavy atom. The number of aliphatic hydroxyl groups is 1. The van der Waals surface area contributed by atoms with E-state index in [0.717, 1.165) is 12.8 Å². The van der Waals surface area contributed by atoms with Crippen molar-refractivity contribution < 1.29 is 19.4 Å². The average molecular weight is 287 g/mol. The Bertz CT molecular complexity index is 313. The first kappa shape index (κ1) is 17.2. The molecule has 0 aromatic rings. The Morgan fingerprint density at radius 2 is 2.10 bits per heavy atom. The van der Waals surface area contributed by atoms with Gasteiger partial charge in [-0.05, 0) is 39.5 Å². The van der Waals surface area contributed by atoms with Crippen LogP contribution in [0.5, 0.6) is 0 Å². The minimum absolute atomic E-state index is 0.134. The molecule has 1 rings (SSSR count). The molecule has 1 aliphatic heterocycles. The van der Waals surface area contributed by atoms with E-state index in [1.165, 1.54) is 0 Å². The van der Waals surface area contributed by atoms with E-state index in [2.05, 4.69) is 0 Å². The van der Waals surface area contributed by atoms with E-state index in [1.807, 2.05) is 27.7 Å². The third-order valence-electron chi connectivity index (χ3n) is 3.72. The molecule has 3 atom stereocenters. The van der Waals surface area contributed by atoms with Crippen LogP contribution >= 0.6 is 0 Å². The van der Waals surface area contributed by atoms with Crippen LogP contribution in [0.4, 0.5) is 4.79 Å². The van der Waals surface area contributed by atoms with E-state index in [-0.39, 0.29) is 17.9 Å². The van der Waals surface area contributed by atoms with Gasteiger partial charge in [0.1, 0.15) is 5.60 Å². The van der Waals surface area contributed by atoms with Crippen LogP contribution in [0, 0.1) is 11.8 Å². The summed E-state index contributed by atoms with van der Waals surface area (Å²) in [6, 6.07) is 0. The van der Waals surface area contributed by atoms with Gasteiger partial charge in [0.25, 0.3) is 0 Å². The fourth-order valence-electron chi connectivity index (χ4n) is 2.50. The number of likely N-dealkylation sites (tertiary alicyclic amines) is 1. The zero-order valence-electron chi connectivity index (χ0n) is 13.4. The van der Waals surface area contributed by atoms with E-state index in [1.54, 1.807) is 12.0 Å². The molecule has 118 valence electrons. The van der Waals surface area contributed by atoms with Gasteiger partial charge in [-0.2, -0.15) is 0 Å². The Morgan fingerprint density at radius 1 is 1.45 bits per heavy atom. The molecule has 0 saturated carbocycles. The van der Waals surface area contributed by atoms with E-state index in [4.69, 9.17) is 9.47 Å². The number of aliphatic hydroxyl groups excluding tert-OH is 1. The van der Waals surface area contributed by atoms with Gasteiger partial charge in [0.15, 0.2) is 0 Å². The first-order chi connectivity index (χ1) is 9.24. The second-order valence-electron chi connectivity index (χ2n) is 6.72. The fourth-order valence-corrected chi connectivity index (χ4v) is 2.50. The SMILES string of the molecule is COCCC(C)C(O)C1CCN(C(=O)OC(C)(C)C)C1. The highest BCUT2D eigenvalue weighted by Gasteiger charge is 2.35. The summed E-state index contributed by atoms with van der Waals surface area (Å²) in [5.41, 5.74) is -0.473. The molecule has 1 aliphatic rings. The second-order valence-corrected chi connectivity index (χ2v) is 6.72. The van der Waals surface area contributed by atoms with E-state index in [0.29, 0.717) is 19.7 Å². The predicted octanol–water partition coefficient (Wildman–Crippen LogP) is 2.28. The molecule has 0 radical (unpaired) electrons. The summed E-state index contributed by atoms with van der Waals surface area (Å²) in [5, 5.41) is 10.3. The third kappa shape index (κ3) is 5.29. The molecule has 0 bridgehead atoms. The van der Waals surface area contributed by atoms with Crippen molar-refractivity contribution >= 4 is 6.09 Å². The quantitative estimate of drug-likeness (QED) is 0.842. The van der Waals surface area contributed by atoms with Gasteiger partial charge in [-0.25, -0.2) is 4.79 Å². The molecule has 0 spiro atoms. The Labute approximate surface area is 122 Å². The summed E-state index contributed by atoms with van der Waals surface area (Å²) in [6.45, 7) is 9.50. The lowest BCUT2D eigenvalue weighted by Gasteiger charge is -2.26. The molecule has 0 aliphatic carbocycles. The van der Waals surface area contributed by atoms with Crippen LogP contribution in [0.3, 0.4) is 0 Å². The standard InChI is InChI=1S/C15H29NO4/c1-11(7-9-19-5)13(17)12-6-8-16(10-12)14(18)20-15(2,3)4/h11-13,17H,6-10H2,1-5H3. The van der Waals surface area contributed by atoms with Gasteiger partial charge in [-0.15, -0.1) is 0 Å². The monoisotopic (exact) mass is 287 g/mol. The summed E-state index contributed by atoms with van der Waals surface area (Å²) in [5.74, 6) is 0.313. The highest BCUT2D eigenvalue weighted by molar-refractivity contribution is 5.68. The van der Waals surface area contributed by atoms with Crippen molar-refractivity contribution in [3.8, 4) is 0 Å². The summed E-state index contributed by atoms with van der Waals surface area (Å²) in [4.78, 5) is 13.7.